The summed E-state index contributed by atoms with van der Waals surface area (Å²) in [5, 5.41) is 11.5. The van der Waals surface area contributed by atoms with Crippen molar-refractivity contribution in [3.8, 4) is 0 Å². The Hall–Kier alpha value is -2.46. The van der Waals surface area contributed by atoms with Gasteiger partial charge in [-0.05, 0) is 42.5 Å². The van der Waals surface area contributed by atoms with Crippen LogP contribution in [-0.2, 0) is 19.6 Å². The Labute approximate surface area is 157 Å². The van der Waals surface area contributed by atoms with Gasteiger partial charge in [0.2, 0.25) is 5.91 Å². The van der Waals surface area contributed by atoms with Crippen LogP contribution in [0.25, 0.3) is 0 Å². The molecule has 0 saturated carbocycles. The van der Waals surface area contributed by atoms with Crippen LogP contribution in [0.4, 0.5) is 15.8 Å². The SMILES string of the molecule is CC(=O)Nc1ccc(S(=O)(=O)N(CC(=O)O)c2ccc(Br)cc2F)cc1. The number of amides is 1. The van der Waals surface area contributed by atoms with E-state index in [-0.39, 0.29) is 16.5 Å². The summed E-state index contributed by atoms with van der Waals surface area (Å²) in [6, 6.07) is 8.72. The minimum Gasteiger partial charge on any atom is -0.480 e. The Kier molecular flexibility index (Phi) is 5.98. The molecule has 2 aromatic rings. The van der Waals surface area contributed by atoms with E-state index >= 15 is 0 Å². The minimum absolute atomic E-state index is 0.241. The minimum atomic E-state index is -4.35. The molecule has 0 bridgehead atoms. The molecule has 0 atom stereocenters. The van der Waals surface area contributed by atoms with Crippen LogP contribution in [0.15, 0.2) is 51.8 Å². The monoisotopic (exact) mass is 444 g/mol. The Bertz CT molecular complexity index is 948. The lowest BCUT2D eigenvalue weighted by Crippen LogP contribution is -2.36. The van der Waals surface area contributed by atoms with Gasteiger partial charge in [0.15, 0.2) is 0 Å². The van der Waals surface area contributed by atoms with E-state index in [1.54, 1.807) is 0 Å². The van der Waals surface area contributed by atoms with Gasteiger partial charge in [0, 0.05) is 17.1 Å². The standard InChI is InChI=1S/C16H14BrFN2O5S/c1-10(21)19-12-3-5-13(6-4-12)26(24,25)20(9-16(22)23)15-7-2-11(17)8-14(15)18/h2-8H,9H2,1H3,(H,19,21)(H,22,23). The average molecular weight is 445 g/mol. The van der Waals surface area contributed by atoms with E-state index in [0.29, 0.717) is 14.5 Å². The molecule has 0 unspecified atom stereocenters. The number of benzene rings is 2. The van der Waals surface area contributed by atoms with Gasteiger partial charge in [-0.25, -0.2) is 12.8 Å². The molecular weight excluding hydrogens is 431 g/mol. The van der Waals surface area contributed by atoms with E-state index < -0.39 is 28.4 Å². The van der Waals surface area contributed by atoms with Crippen LogP contribution >= 0.6 is 15.9 Å². The number of carboxylic acid groups (broad SMARTS) is 1. The topological polar surface area (TPSA) is 104 Å². The molecule has 0 aliphatic heterocycles. The number of rotatable bonds is 6. The lowest BCUT2D eigenvalue weighted by Gasteiger charge is -2.23. The predicted molar refractivity (Wildman–Crippen MR) is 97.0 cm³/mol. The van der Waals surface area contributed by atoms with Gasteiger partial charge in [-0.15, -0.1) is 0 Å². The molecule has 1 amide bonds. The number of carboxylic acids is 1. The molecular formula is C16H14BrFN2O5S. The summed E-state index contributed by atoms with van der Waals surface area (Å²) in [6.07, 6.45) is 0. The van der Waals surface area contributed by atoms with Crippen LogP contribution in [-0.4, -0.2) is 31.9 Å². The Morgan fingerprint density at radius 1 is 1.19 bits per heavy atom. The Morgan fingerprint density at radius 2 is 1.81 bits per heavy atom. The number of halogens is 2. The molecule has 2 rings (SSSR count). The first-order valence-electron chi connectivity index (χ1n) is 7.18. The van der Waals surface area contributed by atoms with Gasteiger partial charge in [-0.2, -0.15) is 0 Å². The number of aliphatic carboxylic acids is 1. The summed E-state index contributed by atoms with van der Waals surface area (Å²) in [5.41, 5.74) is -0.0161. The van der Waals surface area contributed by atoms with Gasteiger partial charge in [0.05, 0.1) is 10.6 Å². The van der Waals surface area contributed by atoms with Crippen molar-refractivity contribution in [1.82, 2.24) is 0 Å². The van der Waals surface area contributed by atoms with Crippen LogP contribution in [0.5, 0.6) is 0 Å². The predicted octanol–water partition coefficient (Wildman–Crippen LogP) is 2.83. The van der Waals surface area contributed by atoms with E-state index in [9.17, 15) is 22.4 Å². The van der Waals surface area contributed by atoms with Gasteiger partial charge in [-0.1, -0.05) is 15.9 Å². The molecule has 0 aromatic heterocycles. The molecule has 0 heterocycles. The van der Waals surface area contributed by atoms with E-state index in [1.807, 2.05) is 0 Å². The van der Waals surface area contributed by atoms with E-state index in [0.717, 1.165) is 6.07 Å². The van der Waals surface area contributed by atoms with Crippen molar-refractivity contribution < 1.29 is 27.5 Å². The largest absolute Gasteiger partial charge is 0.480 e. The second kappa shape index (κ2) is 7.83. The third-order valence-electron chi connectivity index (χ3n) is 3.22. The van der Waals surface area contributed by atoms with Crippen LogP contribution in [0.2, 0.25) is 0 Å². The molecule has 0 fully saturated rings. The first-order chi connectivity index (χ1) is 12.1. The second-order valence-corrected chi connectivity index (χ2v) is 7.98. The highest BCUT2D eigenvalue weighted by atomic mass is 79.9. The summed E-state index contributed by atoms with van der Waals surface area (Å²) in [5.74, 6) is -2.66. The lowest BCUT2D eigenvalue weighted by atomic mass is 10.3. The maximum absolute atomic E-state index is 14.2. The zero-order chi connectivity index (χ0) is 19.5. The molecule has 26 heavy (non-hydrogen) atoms. The van der Waals surface area contributed by atoms with Crippen LogP contribution in [0.3, 0.4) is 0 Å². The summed E-state index contributed by atoms with van der Waals surface area (Å²) in [4.78, 5) is 21.9. The molecule has 10 heteroatoms. The number of hydrogen-bond donors (Lipinski definition) is 2. The van der Waals surface area contributed by atoms with Gasteiger partial charge in [0.25, 0.3) is 10.0 Å². The summed E-state index contributed by atoms with van der Waals surface area (Å²) in [7, 11) is -4.35. The molecule has 2 aromatic carbocycles. The van der Waals surface area contributed by atoms with Crippen molar-refractivity contribution in [1.29, 1.82) is 0 Å². The zero-order valence-electron chi connectivity index (χ0n) is 13.4. The molecule has 0 aliphatic rings. The molecule has 0 spiro atoms. The number of carbonyl (C=O) groups excluding carboxylic acids is 1. The number of hydrogen-bond acceptors (Lipinski definition) is 4. The van der Waals surface area contributed by atoms with E-state index in [1.165, 1.54) is 43.3 Å². The number of sulfonamides is 1. The van der Waals surface area contributed by atoms with Gasteiger partial charge in [-0.3, -0.25) is 13.9 Å². The third kappa shape index (κ3) is 4.58. The molecule has 138 valence electrons. The molecule has 0 aliphatic carbocycles. The average Bonchev–Trinajstić information content (AvgIpc) is 2.53. The highest BCUT2D eigenvalue weighted by Gasteiger charge is 2.29. The van der Waals surface area contributed by atoms with Crippen LogP contribution in [0, 0.1) is 5.82 Å². The first-order valence-corrected chi connectivity index (χ1v) is 9.42. The number of nitrogens with zero attached hydrogens (tertiary/aromatic N) is 1. The molecule has 7 nitrogen and oxygen atoms in total. The summed E-state index contributed by atoms with van der Waals surface area (Å²) in [6.45, 7) is 0.351. The summed E-state index contributed by atoms with van der Waals surface area (Å²) >= 11 is 3.06. The van der Waals surface area contributed by atoms with E-state index in [4.69, 9.17) is 5.11 Å². The van der Waals surface area contributed by atoms with Crippen molar-refractivity contribution in [3.63, 3.8) is 0 Å². The number of nitrogens with one attached hydrogen (secondary N) is 1. The Morgan fingerprint density at radius 3 is 2.31 bits per heavy atom. The highest BCUT2D eigenvalue weighted by Crippen LogP contribution is 2.28. The summed E-state index contributed by atoms with van der Waals surface area (Å²) < 4.78 is 40.8. The van der Waals surface area contributed by atoms with Crippen molar-refractivity contribution in [2.75, 3.05) is 16.2 Å². The van der Waals surface area contributed by atoms with Crippen molar-refractivity contribution in [3.05, 3.63) is 52.8 Å². The first kappa shape index (κ1) is 19.9. The number of anilines is 2. The van der Waals surface area contributed by atoms with Gasteiger partial charge < -0.3 is 10.4 Å². The quantitative estimate of drug-likeness (QED) is 0.712. The maximum atomic E-state index is 14.2. The fourth-order valence-corrected chi connectivity index (χ4v) is 3.90. The highest BCUT2D eigenvalue weighted by molar-refractivity contribution is 9.10. The zero-order valence-corrected chi connectivity index (χ0v) is 15.8. The third-order valence-corrected chi connectivity index (χ3v) is 5.49. The van der Waals surface area contributed by atoms with Crippen molar-refractivity contribution >= 4 is 49.2 Å². The molecule has 0 radical (unpaired) electrons. The van der Waals surface area contributed by atoms with Gasteiger partial charge >= 0.3 is 5.97 Å². The fraction of sp³-hybridized carbons (Fsp3) is 0.125. The number of carbonyl (C=O) groups is 2. The smallest absolute Gasteiger partial charge is 0.324 e. The van der Waals surface area contributed by atoms with Crippen LogP contribution in [0.1, 0.15) is 6.92 Å². The Balaban J connectivity index is 2.49. The van der Waals surface area contributed by atoms with Gasteiger partial charge in [0.1, 0.15) is 12.4 Å². The molecule has 2 N–H and O–H groups in total. The second-order valence-electron chi connectivity index (χ2n) is 5.21. The maximum Gasteiger partial charge on any atom is 0.324 e. The van der Waals surface area contributed by atoms with Crippen LogP contribution < -0.4 is 9.62 Å². The van der Waals surface area contributed by atoms with E-state index in [2.05, 4.69) is 21.2 Å². The normalized spacial score (nSPS) is 11.0. The molecule has 0 saturated heterocycles. The van der Waals surface area contributed by atoms with Crippen molar-refractivity contribution in [2.45, 2.75) is 11.8 Å². The lowest BCUT2D eigenvalue weighted by molar-refractivity contribution is -0.135. The van der Waals surface area contributed by atoms with Crippen molar-refractivity contribution in [2.24, 2.45) is 0 Å². The fourth-order valence-electron chi connectivity index (χ4n) is 2.15.